The molecular weight excluding hydrogens is 310 g/mol. The molecule has 3 rings (SSSR count). The van der Waals surface area contributed by atoms with Gasteiger partial charge in [-0.3, -0.25) is 4.79 Å². The van der Waals surface area contributed by atoms with Gasteiger partial charge in [0.1, 0.15) is 0 Å². The molecular formula is C18H23NO5. The molecule has 1 amide bonds. The van der Waals surface area contributed by atoms with Crippen molar-refractivity contribution in [3.05, 3.63) is 35.9 Å². The number of hydrogen-bond donors (Lipinski definition) is 1. The molecule has 2 aliphatic rings. The van der Waals surface area contributed by atoms with E-state index in [0.29, 0.717) is 32.6 Å². The normalized spacial score (nSPS) is 26.8. The standard InChI is InChI=1S/C18H23NO5/c1-13-11-19(12-15(24-13)16(20)21)17(22)18(7-9-23-10-8-18)14-5-3-2-4-6-14/h2-6,13,15H,7-12H2,1H3,(H,20,21)/t13-,15?/m1/s1. The molecule has 0 aromatic heterocycles. The lowest BCUT2D eigenvalue weighted by Gasteiger charge is -2.43. The number of hydrogen-bond acceptors (Lipinski definition) is 4. The molecule has 0 saturated carbocycles. The van der Waals surface area contributed by atoms with E-state index in [2.05, 4.69) is 0 Å². The minimum Gasteiger partial charge on any atom is -0.479 e. The van der Waals surface area contributed by atoms with Crippen molar-refractivity contribution < 1.29 is 24.2 Å². The summed E-state index contributed by atoms with van der Waals surface area (Å²) in [5.74, 6) is -1.04. The number of nitrogens with zero attached hydrogens (tertiary/aromatic N) is 1. The van der Waals surface area contributed by atoms with E-state index < -0.39 is 17.5 Å². The van der Waals surface area contributed by atoms with Crippen LogP contribution in [0.2, 0.25) is 0 Å². The van der Waals surface area contributed by atoms with Crippen molar-refractivity contribution in [3.63, 3.8) is 0 Å². The summed E-state index contributed by atoms with van der Waals surface area (Å²) in [7, 11) is 0. The molecule has 6 nitrogen and oxygen atoms in total. The van der Waals surface area contributed by atoms with Gasteiger partial charge in [0.2, 0.25) is 5.91 Å². The molecule has 130 valence electrons. The number of benzene rings is 1. The van der Waals surface area contributed by atoms with E-state index in [9.17, 15) is 14.7 Å². The van der Waals surface area contributed by atoms with Crippen LogP contribution in [-0.2, 0) is 24.5 Å². The highest BCUT2D eigenvalue weighted by atomic mass is 16.5. The van der Waals surface area contributed by atoms with Crippen LogP contribution in [0, 0.1) is 0 Å². The van der Waals surface area contributed by atoms with Gasteiger partial charge >= 0.3 is 5.97 Å². The first-order valence-electron chi connectivity index (χ1n) is 8.34. The van der Waals surface area contributed by atoms with Crippen LogP contribution < -0.4 is 0 Å². The average Bonchev–Trinajstić information content (AvgIpc) is 2.62. The van der Waals surface area contributed by atoms with Crippen molar-refractivity contribution in [3.8, 4) is 0 Å². The molecule has 2 saturated heterocycles. The molecule has 2 heterocycles. The second-order valence-electron chi connectivity index (χ2n) is 6.54. The zero-order chi connectivity index (χ0) is 17.2. The maximum absolute atomic E-state index is 13.4. The Morgan fingerprint density at radius 2 is 1.83 bits per heavy atom. The Kier molecular flexibility index (Phi) is 4.87. The van der Waals surface area contributed by atoms with Crippen LogP contribution >= 0.6 is 0 Å². The number of aliphatic carboxylic acids is 1. The van der Waals surface area contributed by atoms with E-state index in [4.69, 9.17) is 9.47 Å². The van der Waals surface area contributed by atoms with Crippen molar-refractivity contribution >= 4 is 11.9 Å². The SMILES string of the molecule is C[C@@H]1CN(C(=O)C2(c3ccccc3)CCOCC2)CC(C(=O)O)O1. The molecule has 0 aliphatic carbocycles. The predicted octanol–water partition coefficient (Wildman–Crippen LogP) is 1.44. The van der Waals surface area contributed by atoms with Crippen LogP contribution in [0.4, 0.5) is 0 Å². The summed E-state index contributed by atoms with van der Waals surface area (Å²) in [4.78, 5) is 26.4. The van der Waals surface area contributed by atoms with E-state index in [1.54, 1.807) is 11.8 Å². The van der Waals surface area contributed by atoms with E-state index in [1.807, 2.05) is 30.3 Å². The zero-order valence-electron chi connectivity index (χ0n) is 13.8. The number of rotatable bonds is 3. The van der Waals surface area contributed by atoms with E-state index in [1.165, 1.54) is 0 Å². The van der Waals surface area contributed by atoms with Gasteiger partial charge in [-0.15, -0.1) is 0 Å². The molecule has 0 radical (unpaired) electrons. The number of ether oxygens (including phenoxy) is 2. The van der Waals surface area contributed by atoms with Crippen LogP contribution in [0.25, 0.3) is 0 Å². The topological polar surface area (TPSA) is 76.1 Å². The molecule has 2 fully saturated rings. The molecule has 1 aromatic carbocycles. The van der Waals surface area contributed by atoms with Crippen molar-refractivity contribution in [1.82, 2.24) is 4.90 Å². The lowest BCUT2D eigenvalue weighted by atomic mass is 9.73. The third kappa shape index (κ3) is 3.16. The van der Waals surface area contributed by atoms with Gasteiger partial charge in [0.05, 0.1) is 18.1 Å². The van der Waals surface area contributed by atoms with Crippen molar-refractivity contribution in [2.45, 2.75) is 37.4 Å². The Bertz CT molecular complexity index is 597. The van der Waals surface area contributed by atoms with Gasteiger partial charge in [0, 0.05) is 19.8 Å². The summed E-state index contributed by atoms with van der Waals surface area (Å²) in [5.41, 5.74) is 0.337. The highest BCUT2D eigenvalue weighted by Gasteiger charge is 2.46. The van der Waals surface area contributed by atoms with Gasteiger partial charge in [0.15, 0.2) is 6.10 Å². The molecule has 0 bridgehead atoms. The zero-order valence-corrected chi connectivity index (χ0v) is 13.8. The lowest BCUT2D eigenvalue weighted by molar-refractivity contribution is -0.169. The Labute approximate surface area is 141 Å². The van der Waals surface area contributed by atoms with Gasteiger partial charge in [-0.25, -0.2) is 4.79 Å². The maximum atomic E-state index is 13.4. The first-order chi connectivity index (χ1) is 11.5. The first kappa shape index (κ1) is 16.9. The Hall–Kier alpha value is -1.92. The first-order valence-corrected chi connectivity index (χ1v) is 8.34. The minimum atomic E-state index is -1.03. The second kappa shape index (κ2) is 6.91. The van der Waals surface area contributed by atoms with Gasteiger partial charge in [-0.05, 0) is 25.3 Å². The van der Waals surface area contributed by atoms with E-state index in [0.717, 1.165) is 5.56 Å². The average molecular weight is 333 g/mol. The Morgan fingerprint density at radius 3 is 2.46 bits per heavy atom. The van der Waals surface area contributed by atoms with Crippen LogP contribution in [0.3, 0.4) is 0 Å². The lowest BCUT2D eigenvalue weighted by Crippen LogP contribution is -2.57. The highest BCUT2D eigenvalue weighted by molar-refractivity contribution is 5.89. The van der Waals surface area contributed by atoms with Gasteiger partial charge in [-0.1, -0.05) is 30.3 Å². The number of carbonyl (C=O) groups is 2. The molecule has 1 unspecified atom stereocenters. The van der Waals surface area contributed by atoms with E-state index >= 15 is 0 Å². The quantitative estimate of drug-likeness (QED) is 0.906. The number of carboxylic acid groups (broad SMARTS) is 1. The van der Waals surface area contributed by atoms with E-state index in [-0.39, 0.29) is 18.6 Å². The van der Waals surface area contributed by atoms with Crippen LogP contribution in [-0.4, -0.2) is 60.4 Å². The summed E-state index contributed by atoms with van der Waals surface area (Å²) >= 11 is 0. The van der Waals surface area contributed by atoms with Crippen LogP contribution in [0.5, 0.6) is 0 Å². The fourth-order valence-corrected chi connectivity index (χ4v) is 3.66. The molecule has 1 N–H and O–H groups in total. The number of carboxylic acids is 1. The molecule has 1 aromatic rings. The van der Waals surface area contributed by atoms with Crippen molar-refractivity contribution in [2.75, 3.05) is 26.3 Å². The summed E-state index contributed by atoms with van der Waals surface area (Å²) in [6, 6.07) is 9.74. The van der Waals surface area contributed by atoms with Crippen LogP contribution in [0.15, 0.2) is 30.3 Å². The van der Waals surface area contributed by atoms with Gasteiger partial charge in [0.25, 0.3) is 0 Å². The summed E-state index contributed by atoms with van der Waals surface area (Å²) in [6.07, 6.45) is -0.0413. The summed E-state index contributed by atoms with van der Waals surface area (Å²) < 4.78 is 10.9. The van der Waals surface area contributed by atoms with Crippen molar-refractivity contribution in [1.29, 1.82) is 0 Å². The smallest absolute Gasteiger partial charge is 0.334 e. The third-order valence-electron chi connectivity index (χ3n) is 4.91. The molecule has 0 spiro atoms. The second-order valence-corrected chi connectivity index (χ2v) is 6.54. The van der Waals surface area contributed by atoms with Crippen LogP contribution in [0.1, 0.15) is 25.3 Å². The molecule has 2 aliphatic heterocycles. The monoisotopic (exact) mass is 333 g/mol. The van der Waals surface area contributed by atoms with Gasteiger partial charge in [-0.2, -0.15) is 0 Å². The molecule has 2 atom stereocenters. The fraction of sp³-hybridized carbons (Fsp3) is 0.556. The minimum absolute atomic E-state index is 0.0154. The summed E-state index contributed by atoms with van der Waals surface area (Å²) in [5, 5.41) is 9.26. The fourth-order valence-electron chi connectivity index (χ4n) is 3.66. The van der Waals surface area contributed by atoms with Gasteiger partial charge < -0.3 is 19.5 Å². The Morgan fingerprint density at radius 1 is 1.17 bits per heavy atom. The van der Waals surface area contributed by atoms with Crippen molar-refractivity contribution in [2.24, 2.45) is 0 Å². The molecule has 6 heteroatoms. The largest absolute Gasteiger partial charge is 0.479 e. The number of morpholine rings is 1. The molecule has 24 heavy (non-hydrogen) atoms. The number of carbonyl (C=O) groups excluding carboxylic acids is 1. The number of amides is 1. The third-order valence-corrected chi connectivity index (χ3v) is 4.91. The predicted molar refractivity (Wildman–Crippen MR) is 86.7 cm³/mol. The summed E-state index contributed by atoms with van der Waals surface area (Å²) in [6.45, 7) is 3.37. The highest BCUT2D eigenvalue weighted by Crippen LogP contribution is 2.37. The Balaban J connectivity index is 1.90. The maximum Gasteiger partial charge on any atom is 0.334 e.